The van der Waals surface area contributed by atoms with Crippen LogP contribution in [-0.4, -0.2) is 77.0 Å². The number of piperazine rings is 1. The largest absolute Gasteiger partial charge is 0.394 e. The third kappa shape index (κ3) is 5.45. The Balaban J connectivity index is 1.30. The summed E-state index contributed by atoms with van der Waals surface area (Å²) in [5.41, 5.74) is 2.24. The lowest BCUT2D eigenvalue weighted by Gasteiger charge is -2.61. The van der Waals surface area contributed by atoms with E-state index in [9.17, 15) is 14.7 Å². The smallest absolute Gasteiger partial charge is 0.264 e. The van der Waals surface area contributed by atoms with Crippen LogP contribution in [0.25, 0.3) is 0 Å². The molecule has 0 radical (unpaired) electrons. The normalized spacial score (nSPS) is 28.9. The fraction of sp³-hybridized carbons (Fsp3) is 0.545. The molecule has 0 unspecified atom stereocenters. The minimum atomic E-state index is -0.778. The molecule has 7 rings (SSSR count). The van der Waals surface area contributed by atoms with E-state index in [0.717, 1.165) is 32.0 Å². The number of aliphatic imine (C=N–C) groups is 1. The molecule has 10 heteroatoms. The van der Waals surface area contributed by atoms with Gasteiger partial charge in [0, 0.05) is 35.7 Å². The van der Waals surface area contributed by atoms with Gasteiger partial charge in [-0.2, -0.15) is 0 Å². The highest BCUT2D eigenvalue weighted by Gasteiger charge is 2.56. The second-order valence-corrected chi connectivity index (χ2v) is 14.2. The van der Waals surface area contributed by atoms with Crippen molar-refractivity contribution >= 4 is 46.7 Å². The van der Waals surface area contributed by atoms with Gasteiger partial charge in [-0.1, -0.05) is 56.1 Å². The van der Waals surface area contributed by atoms with Crippen LogP contribution in [0, 0.1) is 23.2 Å². The first-order chi connectivity index (χ1) is 20.5. The molecule has 8 nitrogen and oxygen atoms in total. The van der Waals surface area contributed by atoms with Crippen LogP contribution >= 0.6 is 23.2 Å². The number of rotatable bonds is 6. The summed E-state index contributed by atoms with van der Waals surface area (Å²) >= 11 is 12.5. The van der Waals surface area contributed by atoms with Crippen LogP contribution in [0.15, 0.2) is 41.4 Å². The van der Waals surface area contributed by atoms with E-state index in [2.05, 4.69) is 43.2 Å². The van der Waals surface area contributed by atoms with E-state index in [0.29, 0.717) is 61.6 Å². The first kappa shape index (κ1) is 30.4. The van der Waals surface area contributed by atoms with Crippen molar-refractivity contribution in [1.29, 1.82) is 0 Å². The maximum absolute atomic E-state index is 14.0. The number of imide groups is 1. The van der Waals surface area contributed by atoms with E-state index < -0.39 is 24.5 Å². The van der Waals surface area contributed by atoms with Gasteiger partial charge < -0.3 is 20.6 Å². The highest BCUT2D eigenvalue weighted by Crippen LogP contribution is 2.61. The monoisotopic (exact) mass is 625 g/mol. The highest BCUT2D eigenvalue weighted by molar-refractivity contribution is 6.35. The van der Waals surface area contributed by atoms with Gasteiger partial charge in [-0.25, -0.2) is 4.99 Å². The molecular formula is C33H41Cl2N5O3. The number of aliphatic hydroxyl groups is 1. The fourth-order valence-electron chi connectivity index (χ4n) is 7.81. The van der Waals surface area contributed by atoms with Gasteiger partial charge in [0.2, 0.25) is 0 Å². The highest BCUT2D eigenvalue weighted by atomic mass is 35.5. The van der Waals surface area contributed by atoms with Gasteiger partial charge in [0.05, 0.1) is 35.5 Å². The molecule has 6 atom stereocenters. The second kappa shape index (κ2) is 11.7. The van der Waals surface area contributed by atoms with Crippen molar-refractivity contribution in [2.75, 3.05) is 31.6 Å². The summed E-state index contributed by atoms with van der Waals surface area (Å²) < 4.78 is 0. The molecule has 2 bridgehead atoms. The Labute approximate surface area is 263 Å². The summed E-state index contributed by atoms with van der Waals surface area (Å²) in [7, 11) is 0. The number of halogens is 2. The van der Waals surface area contributed by atoms with Crippen LogP contribution in [0.1, 0.15) is 66.8 Å². The third-order valence-electron chi connectivity index (χ3n) is 10.5. The summed E-state index contributed by atoms with van der Waals surface area (Å²) in [6, 6.07) is 10.1. The van der Waals surface area contributed by atoms with E-state index >= 15 is 0 Å². The lowest BCUT2D eigenvalue weighted by Crippen LogP contribution is -2.57. The molecule has 2 aromatic carbocycles. The Hall–Kier alpha value is -2.65. The SMILES string of the molecule is C[C@@H]1[C@@H](N=C(Nc2cccc3c2C(=O)N([C@H](CO)Cc2ccc(Cl)cc2Cl)C3=O)N2CCN[C@@H](C)C2)C[C@H]2C[C@@H]1C2(C)C. The topological polar surface area (TPSA) is 97.3 Å². The van der Waals surface area contributed by atoms with Crippen molar-refractivity contribution in [3.05, 3.63) is 63.1 Å². The molecular weight excluding hydrogens is 585 g/mol. The number of amides is 2. The van der Waals surface area contributed by atoms with E-state index in [1.807, 2.05) is 6.07 Å². The molecule has 5 aliphatic rings. The van der Waals surface area contributed by atoms with Crippen molar-refractivity contribution in [2.45, 2.75) is 65.1 Å². The van der Waals surface area contributed by atoms with Crippen LogP contribution in [-0.2, 0) is 6.42 Å². The molecule has 4 fully saturated rings. The lowest BCUT2D eigenvalue weighted by molar-refractivity contribution is -0.108. The minimum Gasteiger partial charge on any atom is -0.394 e. The minimum absolute atomic E-state index is 0.193. The summed E-state index contributed by atoms with van der Waals surface area (Å²) in [6.45, 7) is 11.3. The Kier molecular flexibility index (Phi) is 8.26. The molecule has 2 amide bonds. The van der Waals surface area contributed by atoms with Gasteiger partial charge in [-0.15, -0.1) is 0 Å². The zero-order valence-electron chi connectivity index (χ0n) is 25.2. The van der Waals surface area contributed by atoms with Crippen molar-refractivity contribution in [2.24, 2.45) is 28.2 Å². The van der Waals surface area contributed by atoms with Gasteiger partial charge in [-0.05, 0) is 79.2 Å². The van der Waals surface area contributed by atoms with Gasteiger partial charge in [0.25, 0.3) is 11.8 Å². The van der Waals surface area contributed by atoms with E-state index in [-0.39, 0.29) is 12.5 Å². The van der Waals surface area contributed by atoms with E-state index in [4.69, 9.17) is 28.2 Å². The van der Waals surface area contributed by atoms with Crippen LogP contribution in [0.3, 0.4) is 0 Å². The molecule has 3 aliphatic carbocycles. The molecule has 230 valence electrons. The summed E-state index contributed by atoms with van der Waals surface area (Å²) in [6.07, 6.45) is 2.55. The molecule has 3 N–H and O–H groups in total. The Bertz CT molecular complexity index is 1460. The van der Waals surface area contributed by atoms with Gasteiger partial charge in [0.1, 0.15) is 0 Å². The molecule has 0 aromatic heterocycles. The molecule has 3 saturated carbocycles. The number of carbonyl (C=O) groups excluding carboxylic acids is 2. The second-order valence-electron chi connectivity index (χ2n) is 13.4. The fourth-order valence-corrected chi connectivity index (χ4v) is 8.29. The number of aliphatic hydroxyl groups excluding tert-OH is 1. The molecule has 2 aliphatic heterocycles. The first-order valence-corrected chi connectivity index (χ1v) is 16.1. The molecule has 2 aromatic rings. The predicted molar refractivity (Wildman–Crippen MR) is 171 cm³/mol. The molecule has 0 spiro atoms. The van der Waals surface area contributed by atoms with Gasteiger partial charge in [-0.3, -0.25) is 14.5 Å². The zero-order valence-corrected chi connectivity index (χ0v) is 26.8. The number of anilines is 1. The zero-order chi connectivity index (χ0) is 30.6. The maximum Gasteiger partial charge on any atom is 0.264 e. The number of hydrogen-bond acceptors (Lipinski definition) is 5. The number of carbonyl (C=O) groups is 2. The van der Waals surface area contributed by atoms with Gasteiger partial charge in [0.15, 0.2) is 5.96 Å². The number of nitrogens with one attached hydrogen (secondary N) is 2. The van der Waals surface area contributed by atoms with E-state index in [1.54, 1.807) is 30.3 Å². The predicted octanol–water partition coefficient (Wildman–Crippen LogP) is 5.33. The molecule has 2 heterocycles. The van der Waals surface area contributed by atoms with Crippen molar-refractivity contribution in [3.8, 4) is 0 Å². The summed E-state index contributed by atoms with van der Waals surface area (Å²) in [4.78, 5) is 36.4. The number of hydrogen-bond donors (Lipinski definition) is 3. The summed E-state index contributed by atoms with van der Waals surface area (Å²) in [5.74, 6) is 1.68. The Morgan fingerprint density at radius 1 is 1.16 bits per heavy atom. The third-order valence-corrected chi connectivity index (χ3v) is 11.1. The quantitative estimate of drug-likeness (QED) is 0.228. The average molecular weight is 627 g/mol. The van der Waals surface area contributed by atoms with Crippen LogP contribution in [0.2, 0.25) is 10.0 Å². The van der Waals surface area contributed by atoms with Crippen molar-refractivity contribution in [3.63, 3.8) is 0 Å². The van der Waals surface area contributed by atoms with Gasteiger partial charge >= 0.3 is 0 Å². The number of guanidine groups is 1. The number of nitrogens with zero attached hydrogens (tertiary/aromatic N) is 3. The standard InChI is InChI=1S/C33H41Cl2N5O3/c1-18-16-39(11-10-36-18)32(38-28-14-21-13-25(19(28)2)33(21,3)4)37-27-7-5-6-24-29(27)31(43)40(30(24)42)23(17-41)12-20-8-9-22(34)15-26(20)35/h5-9,15,18-19,21,23,25,28,36,41H,10-14,16-17H2,1-4H3,(H,37,38)/t18-,19-,21+,23-,25-,28-/m0/s1. The Morgan fingerprint density at radius 3 is 2.63 bits per heavy atom. The van der Waals surface area contributed by atoms with Crippen LogP contribution < -0.4 is 10.6 Å². The maximum atomic E-state index is 14.0. The molecule has 1 saturated heterocycles. The van der Waals surface area contributed by atoms with Crippen LogP contribution in [0.4, 0.5) is 5.69 Å². The first-order valence-electron chi connectivity index (χ1n) is 15.4. The number of fused-ring (bicyclic) bond motifs is 3. The van der Waals surface area contributed by atoms with E-state index in [1.165, 1.54) is 11.3 Å². The lowest BCUT2D eigenvalue weighted by atomic mass is 9.45. The van der Waals surface area contributed by atoms with Crippen LogP contribution in [0.5, 0.6) is 0 Å². The number of benzene rings is 2. The Morgan fingerprint density at radius 2 is 1.95 bits per heavy atom. The van der Waals surface area contributed by atoms with Crippen molar-refractivity contribution < 1.29 is 14.7 Å². The average Bonchev–Trinajstić information content (AvgIpc) is 3.23. The molecule has 43 heavy (non-hydrogen) atoms. The van der Waals surface area contributed by atoms with Crippen molar-refractivity contribution in [1.82, 2.24) is 15.1 Å². The summed E-state index contributed by atoms with van der Waals surface area (Å²) in [5, 5.41) is 18.3.